The molecule has 0 saturated carbocycles. The van der Waals surface area contributed by atoms with E-state index in [0.29, 0.717) is 0 Å². The predicted octanol–water partition coefficient (Wildman–Crippen LogP) is -1.18. The Morgan fingerprint density at radius 2 is 1.57 bits per heavy atom. The minimum Gasteiger partial charge on any atom is -0.481 e. The van der Waals surface area contributed by atoms with Crippen LogP contribution < -0.4 is 0 Å². The molecule has 4 heterocycles. The molecule has 4 rings (SSSR count). The summed E-state index contributed by atoms with van der Waals surface area (Å²) in [5.41, 5.74) is 0. The molecule has 0 aromatic carbocycles. The van der Waals surface area contributed by atoms with Crippen molar-refractivity contribution in [1.29, 1.82) is 0 Å². The Kier molecular flexibility index (Phi) is 1.78. The van der Waals surface area contributed by atoms with Crippen LogP contribution in [0, 0.1) is 0 Å². The molecule has 0 aromatic rings. The van der Waals surface area contributed by atoms with Crippen molar-refractivity contribution in [2.45, 2.75) is 12.6 Å². The van der Waals surface area contributed by atoms with E-state index in [-0.39, 0.29) is 12.6 Å². The van der Waals surface area contributed by atoms with Gasteiger partial charge in [0.2, 0.25) is 0 Å². The van der Waals surface area contributed by atoms with E-state index in [4.69, 9.17) is 5.11 Å². The molecule has 4 aliphatic rings. The highest BCUT2D eigenvalue weighted by Crippen LogP contribution is 2.27. The molecular formula is C8H14N4O2. The third kappa shape index (κ3) is 1.23. The first kappa shape index (κ1) is 8.60. The molecule has 0 spiro atoms. The number of nitrogens with zero attached hydrogens (tertiary/aromatic N) is 4. The molecule has 6 nitrogen and oxygen atoms in total. The van der Waals surface area contributed by atoms with Crippen LogP contribution >= 0.6 is 0 Å². The minimum atomic E-state index is -0.701. The Bertz CT molecular complexity index is 242. The zero-order valence-electron chi connectivity index (χ0n) is 7.96. The molecule has 0 aromatic heterocycles. The van der Waals surface area contributed by atoms with Crippen LogP contribution in [0.1, 0.15) is 6.42 Å². The predicted molar refractivity (Wildman–Crippen MR) is 47.7 cm³/mol. The van der Waals surface area contributed by atoms with E-state index < -0.39 is 5.97 Å². The molecule has 78 valence electrons. The number of carboxylic acid groups (broad SMARTS) is 1. The van der Waals surface area contributed by atoms with Gasteiger partial charge in [-0.3, -0.25) is 24.4 Å². The summed E-state index contributed by atoms with van der Waals surface area (Å²) >= 11 is 0. The first-order chi connectivity index (χ1) is 6.72. The number of hydrogen-bond acceptors (Lipinski definition) is 5. The van der Waals surface area contributed by atoms with Gasteiger partial charge in [0, 0.05) is 0 Å². The summed E-state index contributed by atoms with van der Waals surface area (Å²) in [7, 11) is 0. The highest BCUT2D eigenvalue weighted by Gasteiger charge is 2.43. The van der Waals surface area contributed by atoms with E-state index in [1.165, 1.54) is 0 Å². The Morgan fingerprint density at radius 3 is 2.00 bits per heavy atom. The highest BCUT2D eigenvalue weighted by atomic mass is 16.4. The Morgan fingerprint density at radius 1 is 1.07 bits per heavy atom. The smallest absolute Gasteiger partial charge is 0.306 e. The monoisotopic (exact) mass is 198 g/mol. The van der Waals surface area contributed by atoms with Gasteiger partial charge in [0.1, 0.15) is 0 Å². The lowest BCUT2D eigenvalue weighted by Gasteiger charge is -2.60. The lowest BCUT2D eigenvalue weighted by Crippen LogP contribution is -2.75. The van der Waals surface area contributed by atoms with Gasteiger partial charge >= 0.3 is 5.97 Å². The summed E-state index contributed by atoms with van der Waals surface area (Å²) < 4.78 is 0. The Hall–Kier alpha value is -0.690. The minimum absolute atomic E-state index is 0.111. The van der Waals surface area contributed by atoms with Crippen molar-refractivity contribution >= 4 is 5.97 Å². The molecule has 4 aliphatic heterocycles. The lowest BCUT2D eigenvalue weighted by atomic mass is 10.2. The number of aliphatic carboxylic acids is 1. The van der Waals surface area contributed by atoms with Crippen LogP contribution in [-0.2, 0) is 4.79 Å². The molecule has 6 heteroatoms. The summed E-state index contributed by atoms with van der Waals surface area (Å²) in [5.74, 6) is -0.701. The second-order valence-electron chi connectivity index (χ2n) is 4.30. The average Bonchev–Trinajstić information content (AvgIpc) is 2.09. The van der Waals surface area contributed by atoms with Crippen molar-refractivity contribution in [3.63, 3.8) is 0 Å². The molecule has 4 fully saturated rings. The third-order valence-corrected chi connectivity index (χ3v) is 3.13. The molecule has 1 N–H and O–H groups in total. The summed E-state index contributed by atoms with van der Waals surface area (Å²) in [6.45, 7) is 4.72. The summed E-state index contributed by atoms with van der Waals surface area (Å²) in [6, 6.07) is 0. The highest BCUT2D eigenvalue weighted by molar-refractivity contribution is 5.67. The molecule has 0 unspecified atom stereocenters. The largest absolute Gasteiger partial charge is 0.481 e. The molecule has 0 atom stereocenters. The number of hydrogen-bond donors (Lipinski definition) is 1. The first-order valence-corrected chi connectivity index (χ1v) is 4.87. The van der Waals surface area contributed by atoms with Crippen molar-refractivity contribution in [2.75, 3.05) is 33.3 Å². The molecule has 0 amide bonds. The van der Waals surface area contributed by atoms with Gasteiger partial charge in [0.05, 0.1) is 45.9 Å². The van der Waals surface area contributed by atoms with E-state index in [1.807, 2.05) is 0 Å². The van der Waals surface area contributed by atoms with Crippen LogP contribution in [0.25, 0.3) is 0 Å². The third-order valence-electron chi connectivity index (χ3n) is 3.13. The van der Waals surface area contributed by atoms with Crippen LogP contribution in [0.2, 0.25) is 0 Å². The number of rotatable bonds is 2. The van der Waals surface area contributed by atoms with Crippen LogP contribution in [0.4, 0.5) is 0 Å². The zero-order valence-corrected chi connectivity index (χ0v) is 7.96. The maximum atomic E-state index is 10.7. The average molecular weight is 198 g/mol. The van der Waals surface area contributed by atoms with E-state index in [9.17, 15) is 4.79 Å². The fourth-order valence-electron chi connectivity index (χ4n) is 2.69. The van der Waals surface area contributed by atoms with Crippen molar-refractivity contribution < 1.29 is 9.90 Å². The topological polar surface area (TPSA) is 50.3 Å². The maximum Gasteiger partial charge on any atom is 0.306 e. The quantitative estimate of drug-likeness (QED) is 0.603. The normalized spacial score (nSPS) is 49.6. The first-order valence-electron chi connectivity index (χ1n) is 4.87. The zero-order chi connectivity index (χ0) is 9.71. The number of carboxylic acids is 1. The second-order valence-corrected chi connectivity index (χ2v) is 4.30. The van der Waals surface area contributed by atoms with Crippen molar-refractivity contribution in [3.8, 4) is 0 Å². The van der Waals surface area contributed by atoms with Crippen molar-refractivity contribution in [1.82, 2.24) is 19.6 Å². The van der Waals surface area contributed by atoms with Gasteiger partial charge in [-0.2, -0.15) is 0 Å². The lowest BCUT2D eigenvalue weighted by molar-refractivity contribution is -0.232. The van der Waals surface area contributed by atoms with Crippen LogP contribution in [-0.4, -0.2) is 70.2 Å². The van der Waals surface area contributed by atoms with Gasteiger partial charge in [0.15, 0.2) is 0 Å². The van der Waals surface area contributed by atoms with Crippen LogP contribution in [0.5, 0.6) is 0 Å². The van der Waals surface area contributed by atoms with E-state index in [2.05, 4.69) is 19.6 Å². The van der Waals surface area contributed by atoms with E-state index in [1.54, 1.807) is 0 Å². The van der Waals surface area contributed by atoms with Gasteiger partial charge in [-0.05, 0) is 0 Å². The second kappa shape index (κ2) is 2.90. The summed E-state index contributed by atoms with van der Waals surface area (Å²) in [4.78, 5) is 19.8. The Labute approximate surface area is 82.3 Å². The van der Waals surface area contributed by atoms with Gasteiger partial charge in [0.25, 0.3) is 0 Å². The molecule has 4 bridgehead atoms. The molecule has 0 aliphatic carbocycles. The molecule has 0 radical (unpaired) electrons. The molecular weight excluding hydrogens is 184 g/mol. The van der Waals surface area contributed by atoms with Gasteiger partial charge in [-0.25, -0.2) is 0 Å². The van der Waals surface area contributed by atoms with Gasteiger partial charge in [-0.15, -0.1) is 0 Å². The van der Waals surface area contributed by atoms with Crippen molar-refractivity contribution in [3.05, 3.63) is 0 Å². The Balaban J connectivity index is 1.77. The van der Waals surface area contributed by atoms with E-state index >= 15 is 0 Å². The number of carbonyl (C=O) groups is 1. The maximum absolute atomic E-state index is 10.7. The van der Waals surface area contributed by atoms with Crippen LogP contribution in [0.3, 0.4) is 0 Å². The standard InChI is InChI=1S/C8H14N4O2/c13-8(14)1-7-11-3-9-2-10(5-11)6-12(7)4-9/h7H,1-6H2,(H,13,14). The fraction of sp³-hybridized carbons (Fsp3) is 0.875. The summed E-state index contributed by atoms with van der Waals surface area (Å²) in [6.07, 6.45) is 0.349. The fourth-order valence-corrected chi connectivity index (χ4v) is 2.69. The molecule has 14 heavy (non-hydrogen) atoms. The van der Waals surface area contributed by atoms with Gasteiger partial charge in [-0.1, -0.05) is 0 Å². The SMILES string of the molecule is O=C(O)CC1N2CN3CN(C2)CN1C3. The molecule has 4 saturated heterocycles. The van der Waals surface area contributed by atoms with Crippen LogP contribution in [0.15, 0.2) is 0 Å². The summed E-state index contributed by atoms with van der Waals surface area (Å²) in [5, 5.41) is 8.82. The van der Waals surface area contributed by atoms with Gasteiger partial charge < -0.3 is 5.11 Å². The van der Waals surface area contributed by atoms with Crippen molar-refractivity contribution in [2.24, 2.45) is 0 Å². The van der Waals surface area contributed by atoms with E-state index in [0.717, 1.165) is 33.3 Å².